The summed E-state index contributed by atoms with van der Waals surface area (Å²) in [6, 6.07) is 0. The van der Waals surface area contributed by atoms with E-state index in [0.29, 0.717) is 23.7 Å². The minimum Gasteiger partial charge on any atom is -0.488 e. The number of aliphatic hydroxyl groups is 1. The van der Waals surface area contributed by atoms with Gasteiger partial charge in [-0.05, 0) is 46.0 Å². The smallest absolute Gasteiger partial charge is 0.191 e. The SMILES string of the molecule is CO[C@H]1C[C@H](O)C2=C(C[C@H]3[C@H](C(C)(C)OC)CC[C@@]3(C)O2)C1=O. The van der Waals surface area contributed by atoms with E-state index < -0.39 is 12.2 Å². The number of carbonyl (C=O) groups excluding carboxylic acids is 1. The molecule has 0 amide bonds. The van der Waals surface area contributed by atoms with E-state index in [-0.39, 0.29) is 29.3 Å². The average Bonchev–Trinajstić information content (AvgIpc) is 2.86. The molecular formula is C18H28O5. The Morgan fingerprint density at radius 1 is 1.35 bits per heavy atom. The number of fused-ring (bicyclic) bond motifs is 1. The molecule has 0 saturated heterocycles. The summed E-state index contributed by atoms with van der Waals surface area (Å²) in [5.74, 6) is 0.982. The summed E-state index contributed by atoms with van der Waals surface area (Å²) in [5.41, 5.74) is 0.0262. The van der Waals surface area contributed by atoms with Gasteiger partial charge in [0.2, 0.25) is 0 Å². The van der Waals surface area contributed by atoms with Crippen molar-refractivity contribution in [3.63, 3.8) is 0 Å². The topological polar surface area (TPSA) is 65.0 Å². The predicted molar refractivity (Wildman–Crippen MR) is 84.9 cm³/mol. The van der Waals surface area contributed by atoms with Gasteiger partial charge in [0.05, 0.1) is 5.60 Å². The summed E-state index contributed by atoms with van der Waals surface area (Å²) < 4.78 is 17.2. The Kier molecular flexibility index (Phi) is 4.10. The molecule has 5 atom stereocenters. The number of hydrogen-bond acceptors (Lipinski definition) is 5. The van der Waals surface area contributed by atoms with E-state index in [4.69, 9.17) is 14.2 Å². The van der Waals surface area contributed by atoms with Gasteiger partial charge in [-0.15, -0.1) is 0 Å². The Balaban J connectivity index is 1.96. The van der Waals surface area contributed by atoms with Gasteiger partial charge in [0.25, 0.3) is 0 Å². The van der Waals surface area contributed by atoms with Crippen LogP contribution in [0.15, 0.2) is 11.3 Å². The zero-order valence-corrected chi connectivity index (χ0v) is 14.7. The zero-order chi connectivity index (χ0) is 17.0. The van der Waals surface area contributed by atoms with Crippen LogP contribution >= 0.6 is 0 Å². The highest BCUT2D eigenvalue weighted by atomic mass is 16.5. The molecule has 3 aliphatic rings. The lowest BCUT2D eigenvalue weighted by Crippen LogP contribution is -2.49. The molecule has 0 aromatic carbocycles. The van der Waals surface area contributed by atoms with Crippen LogP contribution in [0.25, 0.3) is 0 Å². The summed E-state index contributed by atoms with van der Waals surface area (Å²) in [6.07, 6.45) is 1.52. The molecule has 23 heavy (non-hydrogen) atoms. The molecule has 2 aliphatic carbocycles. The molecule has 3 rings (SSSR count). The van der Waals surface area contributed by atoms with Gasteiger partial charge >= 0.3 is 0 Å². The fraction of sp³-hybridized carbons (Fsp3) is 0.833. The van der Waals surface area contributed by atoms with E-state index in [9.17, 15) is 9.90 Å². The van der Waals surface area contributed by atoms with Crippen molar-refractivity contribution in [2.24, 2.45) is 11.8 Å². The van der Waals surface area contributed by atoms with Gasteiger partial charge in [0.1, 0.15) is 23.6 Å². The summed E-state index contributed by atoms with van der Waals surface area (Å²) in [7, 11) is 3.25. The van der Waals surface area contributed by atoms with Gasteiger partial charge in [0.15, 0.2) is 5.78 Å². The Hall–Kier alpha value is -0.910. The maximum atomic E-state index is 12.6. The minimum atomic E-state index is -0.750. The highest BCUT2D eigenvalue weighted by Crippen LogP contribution is 2.55. The highest BCUT2D eigenvalue weighted by Gasteiger charge is 2.57. The Morgan fingerprint density at radius 3 is 2.65 bits per heavy atom. The van der Waals surface area contributed by atoms with Crippen LogP contribution < -0.4 is 0 Å². The molecule has 5 heteroatoms. The molecular weight excluding hydrogens is 296 g/mol. The van der Waals surface area contributed by atoms with Crippen LogP contribution in [0.5, 0.6) is 0 Å². The number of hydrogen-bond donors (Lipinski definition) is 1. The molecule has 0 unspecified atom stereocenters. The Morgan fingerprint density at radius 2 is 2.04 bits per heavy atom. The second-order valence-electron chi connectivity index (χ2n) is 7.86. The average molecular weight is 324 g/mol. The molecule has 130 valence electrons. The monoisotopic (exact) mass is 324 g/mol. The Bertz CT molecular complexity index is 538. The van der Waals surface area contributed by atoms with Crippen molar-refractivity contribution >= 4 is 5.78 Å². The first-order chi connectivity index (χ1) is 10.7. The summed E-state index contributed by atoms with van der Waals surface area (Å²) in [5, 5.41) is 10.4. The van der Waals surface area contributed by atoms with Crippen molar-refractivity contribution in [1.29, 1.82) is 0 Å². The quantitative estimate of drug-likeness (QED) is 0.862. The lowest BCUT2D eigenvalue weighted by Gasteiger charge is -2.46. The van der Waals surface area contributed by atoms with Gasteiger partial charge in [-0.2, -0.15) is 0 Å². The van der Waals surface area contributed by atoms with E-state index in [1.807, 2.05) is 0 Å². The molecule has 0 aromatic heterocycles. The maximum absolute atomic E-state index is 12.6. The van der Waals surface area contributed by atoms with Gasteiger partial charge in [-0.1, -0.05) is 0 Å². The maximum Gasteiger partial charge on any atom is 0.191 e. The molecule has 1 saturated carbocycles. The third-order valence-electron chi connectivity index (χ3n) is 6.32. The van der Waals surface area contributed by atoms with Crippen molar-refractivity contribution < 1.29 is 24.1 Å². The minimum absolute atomic E-state index is 0.0317. The predicted octanol–water partition coefficient (Wildman–Crippen LogP) is 2.22. The second kappa shape index (κ2) is 5.57. The largest absolute Gasteiger partial charge is 0.488 e. The number of rotatable bonds is 3. The van der Waals surface area contributed by atoms with E-state index in [0.717, 1.165) is 12.8 Å². The molecule has 1 N–H and O–H groups in total. The van der Waals surface area contributed by atoms with Gasteiger partial charge in [-0.25, -0.2) is 0 Å². The molecule has 0 aromatic rings. The first-order valence-electron chi connectivity index (χ1n) is 8.46. The van der Waals surface area contributed by atoms with E-state index in [2.05, 4.69) is 20.8 Å². The third-order valence-corrected chi connectivity index (χ3v) is 6.32. The summed E-state index contributed by atoms with van der Waals surface area (Å²) in [6.45, 7) is 6.30. The summed E-state index contributed by atoms with van der Waals surface area (Å²) >= 11 is 0. The normalized spacial score (nSPS) is 40.7. The van der Waals surface area contributed by atoms with E-state index >= 15 is 0 Å². The molecule has 1 heterocycles. The first-order valence-corrected chi connectivity index (χ1v) is 8.46. The number of ketones is 1. The van der Waals surface area contributed by atoms with E-state index in [1.54, 1.807) is 7.11 Å². The Labute approximate surface area is 138 Å². The van der Waals surface area contributed by atoms with Crippen LogP contribution in [0.1, 0.15) is 46.5 Å². The van der Waals surface area contributed by atoms with Crippen molar-refractivity contribution in [1.82, 2.24) is 0 Å². The van der Waals surface area contributed by atoms with Crippen molar-refractivity contribution in [3.05, 3.63) is 11.3 Å². The number of methoxy groups -OCH3 is 2. The van der Waals surface area contributed by atoms with Crippen LogP contribution in [0.3, 0.4) is 0 Å². The number of Topliss-reactive ketones (excluding diaryl/α,β-unsaturated/α-hetero) is 1. The number of aliphatic hydroxyl groups excluding tert-OH is 1. The standard InChI is InChI=1S/C18H28O5/c1-17(2,22-5)11-6-7-18(3)12(11)8-10-15(20)14(21-4)9-13(19)16(10)23-18/h11-14,19H,6-9H2,1-5H3/t11-,12+,13+,14+,18-/m1/s1. The third kappa shape index (κ3) is 2.53. The van der Waals surface area contributed by atoms with Crippen LogP contribution in [0.4, 0.5) is 0 Å². The number of carbonyl (C=O) groups is 1. The summed E-state index contributed by atoms with van der Waals surface area (Å²) in [4.78, 5) is 12.6. The van der Waals surface area contributed by atoms with Crippen molar-refractivity contribution in [2.45, 2.75) is 69.9 Å². The van der Waals surface area contributed by atoms with E-state index in [1.165, 1.54) is 7.11 Å². The fourth-order valence-electron chi connectivity index (χ4n) is 4.66. The van der Waals surface area contributed by atoms with Crippen LogP contribution in [-0.2, 0) is 19.0 Å². The first kappa shape index (κ1) is 16.9. The van der Waals surface area contributed by atoms with Crippen molar-refractivity contribution in [3.8, 4) is 0 Å². The van der Waals surface area contributed by atoms with Gasteiger partial charge in [-0.3, -0.25) is 4.79 Å². The van der Waals surface area contributed by atoms with Crippen LogP contribution in [0.2, 0.25) is 0 Å². The lowest BCUT2D eigenvalue weighted by molar-refractivity contribution is -0.138. The highest BCUT2D eigenvalue weighted by molar-refractivity contribution is 6.00. The zero-order valence-electron chi connectivity index (χ0n) is 14.7. The van der Waals surface area contributed by atoms with Crippen molar-refractivity contribution in [2.75, 3.05) is 14.2 Å². The second-order valence-corrected chi connectivity index (χ2v) is 7.86. The molecule has 0 radical (unpaired) electrons. The molecule has 1 aliphatic heterocycles. The molecule has 0 bridgehead atoms. The van der Waals surface area contributed by atoms with Crippen LogP contribution in [-0.4, -0.2) is 48.5 Å². The molecule has 1 fully saturated rings. The van der Waals surface area contributed by atoms with Gasteiger partial charge < -0.3 is 19.3 Å². The lowest BCUT2D eigenvalue weighted by atomic mass is 9.71. The fourth-order valence-corrected chi connectivity index (χ4v) is 4.66. The molecule has 5 nitrogen and oxygen atoms in total. The van der Waals surface area contributed by atoms with Gasteiger partial charge in [0, 0.05) is 32.1 Å². The van der Waals surface area contributed by atoms with Crippen LogP contribution in [0, 0.1) is 11.8 Å². The number of ether oxygens (including phenoxy) is 3. The molecule has 0 spiro atoms.